The number of carbonyl (C=O) groups is 3. The monoisotopic (exact) mass is 814 g/mol. The van der Waals surface area contributed by atoms with Crippen molar-refractivity contribution in [3.8, 4) is 5.00 Å². The molecule has 3 aromatic rings. The van der Waals surface area contributed by atoms with Gasteiger partial charge < -0.3 is 35.5 Å². The van der Waals surface area contributed by atoms with Gasteiger partial charge in [0.1, 0.15) is 17.4 Å². The van der Waals surface area contributed by atoms with Crippen molar-refractivity contribution in [2.75, 3.05) is 58.5 Å². The number of thioether (sulfide) groups is 1. The summed E-state index contributed by atoms with van der Waals surface area (Å²) in [4.78, 5) is 43.0. The highest BCUT2D eigenvalue weighted by Crippen LogP contribution is 2.39. The Bertz CT molecular complexity index is 1790. The number of amides is 4. The van der Waals surface area contributed by atoms with Crippen LogP contribution in [0.2, 0.25) is 5.02 Å². The van der Waals surface area contributed by atoms with Crippen LogP contribution in [0.1, 0.15) is 78.4 Å². The van der Waals surface area contributed by atoms with Crippen molar-refractivity contribution in [3.63, 3.8) is 0 Å². The molecule has 0 saturated carbocycles. The lowest BCUT2D eigenvalue weighted by atomic mass is 9.99. The van der Waals surface area contributed by atoms with Gasteiger partial charge in [0.15, 0.2) is 5.82 Å². The van der Waals surface area contributed by atoms with Crippen molar-refractivity contribution in [2.45, 2.75) is 82.2 Å². The molecule has 14 nitrogen and oxygen atoms in total. The molecule has 298 valence electrons. The number of halogens is 1. The number of unbranched alkanes of at least 4 members (excludes halogenated alkanes) is 1. The zero-order chi connectivity index (χ0) is 38.6. The van der Waals surface area contributed by atoms with Gasteiger partial charge in [-0.15, -0.1) is 21.5 Å². The van der Waals surface area contributed by atoms with E-state index in [2.05, 4.69) is 45.3 Å². The summed E-state index contributed by atoms with van der Waals surface area (Å²) >= 11 is 9.76. The Labute approximate surface area is 335 Å². The number of carbonyl (C=O) groups excluding carboxylic acids is 3. The van der Waals surface area contributed by atoms with E-state index in [1.807, 2.05) is 40.6 Å². The van der Waals surface area contributed by atoms with E-state index in [0.717, 1.165) is 58.8 Å². The first-order valence-electron chi connectivity index (χ1n) is 19.1. The van der Waals surface area contributed by atoms with Crippen molar-refractivity contribution in [3.05, 3.63) is 63.0 Å². The van der Waals surface area contributed by atoms with E-state index in [1.165, 1.54) is 4.88 Å². The van der Waals surface area contributed by atoms with Crippen molar-refractivity contribution in [1.29, 1.82) is 0 Å². The van der Waals surface area contributed by atoms with Crippen LogP contribution in [0.4, 0.5) is 4.79 Å². The van der Waals surface area contributed by atoms with E-state index < -0.39 is 6.04 Å². The molecule has 2 saturated heterocycles. The number of thiophene rings is 1. The fraction of sp³-hybridized carbons (Fsp3) is 0.579. The fourth-order valence-electron chi connectivity index (χ4n) is 6.88. The number of hydrogen-bond donors (Lipinski definition) is 4. The molecule has 0 bridgehead atoms. The van der Waals surface area contributed by atoms with E-state index in [9.17, 15) is 14.4 Å². The van der Waals surface area contributed by atoms with Gasteiger partial charge in [0.05, 0.1) is 50.6 Å². The summed E-state index contributed by atoms with van der Waals surface area (Å²) in [7, 11) is 0. The van der Waals surface area contributed by atoms with Gasteiger partial charge in [0, 0.05) is 64.8 Å². The Balaban J connectivity index is 0.773. The van der Waals surface area contributed by atoms with Gasteiger partial charge in [0.25, 0.3) is 0 Å². The summed E-state index contributed by atoms with van der Waals surface area (Å²) in [6.45, 7) is 8.17. The summed E-state index contributed by atoms with van der Waals surface area (Å²) in [5, 5.41) is 22.6. The third kappa shape index (κ3) is 11.3. The van der Waals surface area contributed by atoms with Crippen LogP contribution < -0.4 is 21.3 Å². The molecule has 6 rings (SSSR count). The highest BCUT2D eigenvalue weighted by Gasteiger charge is 2.42. The van der Waals surface area contributed by atoms with Crippen LogP contribution in [0.15, 0.2) is 35.6 Å². The molecule has 0 radical (unpaired) electrons. The fourth-order valence-corrected chi connectivity index (χ4v) is 9.69. The molecule has 0 aliphatic carbocycles. The first-order valence-corrected chi connectivity index (χ1v) is 21.3. The SMILES string of the molecule is Cc1sc2c(c1C)C(c1ccc(Cl)cc1)=NC(CC(=O)NCCCOCCOCCOCCCNC(=O)CCCCC1SCC3NC(=O)NC31)c1nncn1-2. The Morgan fingerprint density at radius 1 is 0.927 bits per heavy atom. The topological polar surface area (TPSA) is 170 Å². The normalized spacial score (nSPS) is 19.8. The predicted octanol–water partition coefficient (Wildman–Crippen LogP) is 4.67. The first-order chi connectivity index (χ1) is 26.8. The lowest BCUT2D eigenvalue weighted by molar-refractivity contribution is -0.122. The van der Waals surface area contributed by atoms with E-state index in [1.54, 1.807) is 17.7 Å². The van der Waals surface area contributed by atoms with E-state index >= 15 is 0 Å². The number of hydrogen-bond acceptors (Lipinski definition) is 11. The summed E-state index contributed by atoms with van der Waals surface area (Å²) in [5.41, 5.74) is 3.91. The van der Waals surface area contributed by atoms with Gasteiger partial charge in [-0.25, -0.2) is 4.79 Å². The Morgan fingerprint density at radius 2 is 1.62 bits per heavy atom. The number of nitrogens with zero attached hydrogens (tertiary/aromatic N) is 4. The molecule has 2 fully saturated rings. The molecule has 5 heterocycles. The first kappa shape index (κ1) is 41.1. The van der Waals surface area contributed by atoms with Crippen LogP contribution in [-0.2, 0) is 23.8 Å². The molecule has 3 aliphatic heterocycles. The van der Waals surface area contributed by atoms with Crippen molar-refractivity contribution in [2.24, 2.45) is 4.99 Å². The summed E-state index contributed by atoms with van der Waals surface area (Å²) in [6, 6.07) is 7.51. The van der Waals surface area contributed by atoms with Crippen molar-refractivity contribution < 1.29 is 28.6 Å². The second-order valence-corrected chi connectivity index (χ2v) is 16.8. The maximum atomic E-state index is 13.1. The van der Waals surface area contributed by atoms with Gasteiger partial charge >= 0.3 is 6.03 Å². The zero-order valence-electron chi connectivity index (χ0n) is 31.4. The van der Waals surface area contributed by atoms with E-state index in [4.69, 9.17) is 30.8 Å². The van der Waals surface area contributed by atoms with E-state index in [0.29, 0.717) is 81.7 Å². The van der Waals surface area contributed by atoms with E-state index in [-0.39, 0.29) is 36.3 Å². The number of ether oxygens (including phenoxy) is 3. The zero-order valence-corrected chi connectivity index (χ0v) is 33.8. The van der Waals surface area contributed by atoms with Crippen LogP contribution in [0.3, 0.4) is 0 Å². The molecule has 4 unspecified atom stereocenters. The second kappa shape index (κ2) is 20.6. The van der Waals surface area contributed by atoms with Gasteiger partial charge in [0.2, 0.25) is 11.8 Å². The third-order valence-corrected chi connectivity index (χ3v) is 12.8. The van der Waals surface area contributed by atoms with Gasteiger partial charge in [-0.05, 0) is 57.2 Å². The lowest BCUT2D eigenvalue weighted by Gasteiger charge is -2.16. The molecule has 0 spiro atoms. The van der Waals surface area contributed by atoms with Crippen LogP contribution in [0.25, 0.3) is 5.00 Å². The quantitative estimate of drug-likeness (QED) is 0.0832. The molecule has 2 aromatic heterocycles. The Morgan fingerprint density at radius 3 is 2.35 bits per heavy atom. The van der Waals surface area contributed by atoms with Crippen molar-refractivity contribution in [1.82, 2.24) is 36.0 Å². The average molecular weight is 815 g/mol. The number of aromatic nitrogens is 3. The van der Waals surface area contributed by atoms with Crippen LogP contribution >= 0.6 is 34.7 Å². The summed E-state index contributed by atoms with van der Waals surface area (Å²) in [5.74, 6) is 1.54. The minimum Gasteiger partial charge on any atom is -0.379 e. The molecule has 55 heavy (non-hydrogen) atoms. The van der Waals surface area contributed by atoms with Crippen molar-refractivity contribution >= 4 is 58.3 Å². The Kier molecular flexibility index (Phi) is 15.4. The standard InChI is InChI=1S/C38H51ClN8O6S2/c1-24-25(2)55-37-33(24)34(26-9-11-27(39)12-10-26)43-28(36-46-42-23-47(36)37)21-32(49)41-14-6-16-52-18-20-53-19-17-51-15-5-13-40-31(48)8-4-3-7-30-35-29(22-54-30)44-38(50)45-35/h9-12,23,28-30,35H,3-8,13-22H2,1-2H3,(H,40,48)(H,41,49)(H2,44,45,50). The van der Waals surface area contributed by atoms with Crippen LogP contribution in [-0.4, -0.2) is 114 Å². The van der Waals surface area contributed by atoms with Gasteiger partial charge in [-0.2, -0.15) is 11.8 Å². The molecule has 17 heteroatoms. The molecule has 1 aromatic carbocycles. The average Bonchev–Trinajstić information content (AvgIpc) is 3.94. The maximum absolute atomic E-state index is 13.1. The minimum absolute atomic E-state index is 0.0608. The predicted molar refractivity (Wildman–Crippen MR) is 215 cm³/mol. The molecular formula is C38H51ClN8O6S2. The molecule has 4 atom stereocenters. The molecule has 3 aliphatic rings. The molecule has 4 amide bonds. The molecular weight excluding hydrogens is 764 g/mol. The van der Waals surface area contributed by atoms with Gasteiger partial charge in [-0.3, -0.25) is 19.1 Å². The molecule has 4 N–H and O–H groups in total. The third-order valence-electron chi connectivity index (χ3n) is 9.88. The smallest absolute Gasteiger partial charge is 0.315 e. The largest absolute Gasteiger partial charge is 0.379 e. The maximum Gasteiger partial charge on any atom is 0.315 e. The number of rotatable bonds is 22. The second-order valence-electron chi connectivity index (χ2n) is 13.8. The number of benzene rings is 1. The number of aryl methyl sites for hydroxylation is 1. The lowest BCUT2D eigenvalue weighted by Crippen LogP contribution is -2.36. The Hall–Kier alpha value is -3.54. The summed E-state index contributed by atoms with van der Waals surface area (Å²) < 4.78 is 18.8. The van der Waals surface area contributed by atoms with Crippen LogP contribution in [0.5, 0.6) is 0 Å². The van der Waals surface area contributed by atoms with Crippen LogP contribution in [0, 0.1) is 13.8 Å². The minimum atomic E-state index is -0.510. The van der Waals surface area contributed by atoms with Gasteiger partial charge in [-0.1, -0.05) is 30.2 Å². The highest BCUT2D eigenvalue weighted by atomic mass is 35.5. The number of fused-ring (bicyclic) bond motifs is 4. The number of nitrogens with one attached hydrogen (secondary N) is 4. The highest BCUT2D eigenvalue weighted by molar-refractivity contribution is 8.00. The number of aliphatic imine (C=N–C) groups is 1. The number of urea groups is 1. The summed E-state index contributed by atoms with van der Waals surface area (Å²) in [6.07, 6.45) is 6.60.